The van der Waals surface area contributed by atoms with E-state index in [1.165, 1.54) is 19.2 Å². The van der Waals surface area contributed by atoms with Crippen molar-refractivity contribution in [3.8, 4) is 11.5 Å². The van der Waals surface area contributed by atoms with Gasteiger partial charge in [0.25, 0.3) is 0 Å². The van der Waals surface area contributed by atoms with Gasteiger partial charge in [-0.05, 0) is 0 Å². The first-order chi connectivity index (χ1) is 8.85. The van der Waals surface area contributed by atoms with Crippen LogP contribution in [0.2, 0.25) is 0 Å². The van der Waals surface area contributed by atoms with Crippen LogP contribution in [0, 0.1) is 10.1 Å². The number of benzene rings is 1. The van der Waals surface area contributed by atoms with Gasteiger partial charge in [0.2, 0.25) is 0 Å². The van der Waals surface area contributed by atoms with E-state index in [0.717, 1.165) is 0 Å². The predicted molar refractivity (Wildman–Crippen MR) is 72.3 cm³/mol. The molecule has 5 nitrogen and oxygen atoms in total. The minimum atomic E-state index is -2.11. The van der Waals surface area contributed by atoms with Crippen LogP contribution in [0.3, 0.4) is 0 Å². The van der Waals surface area contributed by atoms with Crippen molar-refractivity contribution in [2.45, 2.75) is 20.0 Å². The Hall–Kier alpha value is -0.707. The van der Waals surface area contributed by atoms with Crippen molar-refractivity contribution in [2.75, 3.05) is 7.11 Å². The van der Waals surface area contributed by atoms with Crippen molar-refractivity contribution < 1.29 is 27.9 Å². The van der Waals surface area contributed by atoms with Gasteiger partial charge in [0.05, 0.1) is 0 Å². The average molecular weight is 395 g/mol. The molecule has 108 valence electrons. The zero-order chi connectivity index (χ0) is 14.6. The predicted octanol–water partition coefficient (Wildman–Crippen LogP) is 3.47. The Kier molecular flexibility index (Phi) is 6.17. The number of hydrogen-bond donors (Lipinski definition) is 0. The van der Waals surface area contributed by atoms with Crippen molar-refractivity contribution in [1.29, 1.82) is 0 Å². The summed E-state index contributed by atoms with van der Waals surface area (Å²) in [4.78, 5) is 10.4. The Morgan fingerprint density at radius 3 is 2.42 bits per heavy atom. The molecule has 0 aromatic heterocycles. The molecule has 0 N–H and O–H groups in total. The molecule has 0 bridgehead atoms. The molecule has 1 aromatic carbocycles. The van der Waals surface area contributed by atoms with Crippen LogP contribution in [-0.2, 0) is 13.5 Å². The quantitative estimate of drug-likeness (QED) is 0.435. The number of halogens is 2. The van der Waals surface area contributed by atoms with Crippen LogP contribution in [0.1, 0.15) is 19.4 Å². The maximum atomic E-state index is 11.0. The first-order valence-electron chi connectivity index (χ1n) is 5.21. The Balaban J connectivity index is 3.43. The van der Waals surface area contributed by atoms with E-state index in [-0.39, 0.29) is 17.5 Å². The van der Waals surface area contributed by atoms with Crippen LogP contribution in [0.25, 0.3) is 0 Å². The Labute approximate surface area is 124 Å². The van der Waals surface area contributed by atoms with E-state index in [4.69, 9.17) is 28.9 Å². The van der Waals surface area contributed by atoms with Gasteiger partial charge >= 0.3 is 124 Å². The molecule has 0 spiro atoms. The van der Waals surface area contributed by atoms with E-state index in [0.29, 0.717) is 11.3 Å². The second-order valence-electron chi connectivity index (χ2n) is 3.79. The molecule has 0 saturated carbocycles. The van der Waals surface area contributed by atoms with E-state index >= 15 is 0 Å². The molecule has 0 unspecified atom stereocenters. The van der Waals surface area contributed by atoms with E-state index in [2.05, 4.69) is 0 Å². The van der Waals surface area contributed by atoms with Gasteiger partial charge in [0.15, 0.2) is 0 Å². The van der Waals surface area contributed by atoms with Crippen LogP contribution in [0.5, 0.6) is 11.5 Å². The molecule has 0 radical (unpaired) electrons. The zero-order valence-electron chi connectivity index (χ0n) is 10.5. The molecular formula is C11H13Cl2NO4Ru. The number of nitro groups is 1. The summed E-state index contributed by atoms with van der Waals surface area (Å²) in [5.41, 5.74) is 0.374. The van der Waals surface area contributed by atoms with E-state index in [1.54, 1.807) is 4.61 Å². The van der Waals surface area contributed by atoms with Crippen LogP contribution in [0.4, 0.5) is 5.69 Å². The summed E-state index contributed by atoms with van der Waals surface area (Å²) in [6, 6.07) is 2.84. The number of hydrogen-bond acceptors (Lipinski definition) is 4. The molecule has 0 aliphatic rings. The van der Waals surface area contributed by atoms with E-state index < -0.39 is 18.4 Å². The second-order valence-corrected chi connectivity index (χ2v) is 9.52. The fourth-order valence-electron chi connectivity index (χ4n) is 1.39. The molecule has 0 atom stereocenters. The van der Waals surface area contributed by atoms with Crippen molar-refractivity contribution >= 4 is 29.7 Å². The van der Waals surface area contributed by atoms with Gasteiger partial charge in [0.1, 0.15) is 0 Å². The minimum absolute atomic E-state index is 0.0791. The molecule has 0 fully saturated rings. The van der Waals surface area contributed by atoms with Crippen molar-refractivity contribution in [2.24, 2.45) is 0 Å². The average Bonchev–Trinajstić information content (AvgIpc) is 2.29. The number of methoxy groups -OCH3 is 1. The molecule has 1 rings (SSSR count). The Morgan fingerprint density at radius 2 is 2.00 bits per heavy atom. The molecular weight excluding hydrogens is 382 g/mol. The van der Waals surface area contributed by atoms with Crippen molar-refractivity contribution in [1.82, 2.24) is 0 Å². The molecule has 0 amide bonds. The van der Waals surface area contributed by atoms with Gasteiger partial charge in [-0.15, -0.1) is 0 Å². The van der Waals surface area contributed by atoms with E-state index in [1.807, 2.05) is 13.8 Å². The van der Waals surface area contributed by atoms with Gasteiger partial charge in [-0.3, -0.25) is 0 Å². The first kappa shape index (κ1) is 16.3. The van der Waals surface area contributed by atoms with Gasteiger partial charge in [-0.2, -0.15) is 0 Å². The summed E-state index contributed by atoms with van der Waals surface area (Å²) in [5, 5.41) is 11.0. The Morgan fingerprint density at radius 1 is 1.37 bits per heavy atom. The number of nitro benzene ring substituents is 1. The molecule has 0 aliphatic carbocycles. The number of nitrogens with zero attached hydrogens (tertiary/aromatic N) is 1. The molecule has 0 saturated heterocycles. The van der Waals surface area contributed by atoms with Crippen LogP contribution >= 0.6 is 19.4 Å². The van der Waals surface area contributed by atoms with E-state index in [9.17, 15) is 10.1 Å². The second kappa shape index (κ2) is 7.18. The van der Waals surface area contributed by atoms with Crippen LogP contribution < -0.4 is 9.47 Å². The van der Waals surface area contributed by atoms with Gasteiger partial charge in [0, 0.05) is 0 Å². The molecule has 8 heteroatoms. The third-order valence-corrected chi connectivity index (χ3v) is 3.89. The van der Waals surface area contributed by atoms with Gasteiger partial charge < -0.3 is 0 Å². The molecule has 1 aromatic rings. The summed E-state index contributed by atoms with van der Waals surface area (Å²) >= 11 is -2.11. The summed E-state index contributed by atoms with van der Waals surface area (Å²) in [6.45, 7) is 3.71. The van der Waals surface area contributed by atoms with Crippen molar-refractivity contribution in [3.05, 3.63) is 27.8 Å². The monoisotopic (exact) mass is 395 g/mol. The summed E-state index contributed by atoms with van der Waals surface area (Å²) in [5.74, 6) is 0.609. The van der Waals surface area contributed by atoms with Crippen molar-refractivity contribution in [3.63, 3.8) is 0 Å². The first-order valence-corrected chi connectivity index (χ1v) is 10.7. The number of ether oxygens (including phenoxy) is 2. The fourth-order valence-corrected chi connectivity index (χ4v) is 3.18. The molecule has 0 aliphatic heterocycles. The third kappa shape index (κ3) is 4.71. The summed E-state index contributed by atoms with van der Waals surface area (Å²) < 4.78 is 12.2. The molecule has 0 heterocycles. The van der Waals surface area contributed by atoms with Gasteiger partial charge in [-0.1, -0.05) is 0 Å². The third-order valence-electron chi connectivity index (χ3n) is 2.06. The van der Waals surface area contributed by atoms with Crippen LogP contribution in [-0.4, -0.2) is 22.7 Å². The van der Waals surface area contributed by atoms with Crippen LogP contribution in [0.15, 0.2) is 12.1 Å². The number of rotatable bonds is 5. The molecule has 19 heavy (non-hydrogen) atoms. The Bertz CT molecular complexity index is 516. The zero-order valence-corrected chi connectivity index (χ0v) is 13.7. The van der Waals surface area contributed by atoms with Gasteiger partial charge in [-0.25, -0.2) is 0 Å². The maximum absolute atomic E-state index is 11.0. The SMILES string of the molecule is COc1cc(OC(C)C)c([CH]=[Ru]([Cl])[Cl])cc1[N+](=O)[O-]. The fraction of sp³-hybridized carbons (Fsp3) is 0.364. The topological polar surface area (TPSA) is 61.6 Å². The normalized spacial score (nSPS) is 11.2. The summed E-state index contributed by atoms with van der Waals surface area (Å²) in [7, 11) is 13.0. The summed E-state index contributed by atoms with van der Waals surface area (Å²) in [6.07, 6.45) is -0.0791. The standard InChI is InChI=1S/C11H13NO4.2ClH.Ru/c1-7(2)16-10-6-11(15-4)9(12(13)14)5-8(10)3;;;/h3,5-7H,1-2,4H3;2*1H;/q;;;+2/p-2.